The van der Waals surface area contributed by atoms with Crippen LogP contribution in [0.1, 0.15) is 250 Å². The lowest BCUT2D eigenvalue weighted by Crippen LogP contribution is -2.28. The third kappa shape index (κ3) is 44.4. The van der Waals surface area contributed by atoms with Crippen molar-refractivity contribution in [3.63, 3.8) is 0 Å². The van der Waals surface area contributed by atoms with Crippen molar-refractivity contribution in [3.05, 3.63) is 0 Å². The molecule has 0 aromatic rings. The van der Waals surface area contributed by atoms with Gasteiger partial charge in [0.25, 0.3) is 0 Å². The number of hydrogen-bond acceptors (Lipinski definition) is 4. The van der Waals surface area contributed by atoms with Crippen LogP contribution in [0.4, 0.5) is 0 Å². The van der Waals surface area contributed by atoms with Crippen LogP contribution in [-0.4, -0.2) is 70.7 Å². The molecule has 0 saturated heterocycles. The number of hydrogen-bond donors (Lipinski definition) is 2. The largest absolute Gasteiger partial charge is 0.343 e. The van der Waals surface area contributed by atoms with Crippen LogP contribution in [0.3, 0.4) is 0 Å². The van der Waals surface area contributed by atoms with Gasteiger partial charge in [-0.15, -0.1) is 0 Å². The van der Waals surface area contributed by atoms with Crippen molar-refractivity contribution in [1.82, 2.24) is 9.80 Å². The Balaban J connectivity index is 0. The highest BCUT2D eigenvalue weighted by Crippen LogP contribution is 2.46. The summed E-state index contributed by atoms with van der Waals surface area (Å²) < 4.78 is 26.0. The highest BCUT2D eigenvalue weighted by molar-refractivity contribution is 7.58. The Morgan fingerprint density at radius 3 is 0.810 bits per heavy atom. The van der Waals surface area contributed by atoms with Crippen molar-refractivity contribution >= 4 is 14.7 Å². The van der Waals surface area contributed by atoms with Gasteiger partial charge in [0, 0.05) is 12.3 Å². The molecule has 2 N–H and O–H groups in total. The van der Waals surface area contributed by atoms with Gasteiger partial charge in [-0.3, -0.25) is 18.9 Å². The summed E-state index contributed by atoms with van der Waals surface area (Å²) in [6.45, 7) is 30.5. The standard InChI is InChI=1S/2C25H54NO2P/c2*1-7-9-11-13-15-17-19-26(20-18-16-14-12-10-8-2)23-29(27,28)22-24(3)21-25(4,5)6/h2*24H,7-23H2,1-6H3,(H,27,28). The van der Waals surface area contributed by atoms with E-state index in [0.29, 0.717) is 36.7 Å². The fourth-order valence-electron chi connectivity index (χ4n) is 8.90. The second kappa shape index (κ2) is 36.8. The fraction of sp³-hybridized carbons (Fsp3) is 1.00. The van der Waals surface area contributed by atoms with Crippen molar-refractivity contribution in [3.8, 4) is 0 Å². The van der Waals surface area contributed by atoms with Gasteiger partial charge in [-0.25, -0.2) is 0 Å². The van der Waals surface area contributed by atoms with Crippen LogP contribution in [-0.2, 0) is 9.13 Å². The van der Waals surface area contributed by atoms with E-state index in [1.807, 2.05) is 0 Å². The molecule has 8 heteroatoms. The van der Waals surface area contributed by atoms with E-state index in [2.05, 4.69) is 92.9 Å². The topological polar surface area (TPSA) is 81.1 Å². The molecule has 6 nitrogen and oxygen atoms in total. The number of rotatable bonds is 38. The normalized spacial score (nSPS) is 15.6. The Bertz CT molecular complexity index is 885. The molecule has 4 unspecified atom stereocenters. The molecule has 0 radical (unpaired) electrons. The first-order chi connectivity index (χ1) is 27.2. The first-order valence-electron chi connectivity index (χ1n) is 25.3. The van der Waals surface area contributed by atoms with E-state index in [9.17, 15) is 18.9 Å². The summed E-state index contributed by atoms with van der Waals surface area (Å²) in [6, 6.07) is 0. The Kier molecular flexibility index (Phi) is 38.3. The molecule has 58 heavy (non-hydrogen) atoms. The van der Waals surface area contributed by atoms with Crippen LogP contribution in [0, 0.1) is 22.7 Å². The summed E-state index contributed by atoms with van der Waals surface area (Å²) in [5.41, 5.74) is 0.437. The predicted octanol–water partition coefficient (Wildman–Crippen LogP) is 16.6. The molecule has 0 spiro atoms. The summed E-state index contributed by atoms with van der Waals surface area (Å²) in [4.78, 5) is 26.0. The molecule has 352 valence electrons. The summed E-state index contributed by atoms with van der Waals surface area (Å²) in [5.74, 6) is 0.603. The molecule has 0 aliphatic heterocycles. The predicted molar refractivity (Wildman–Crippen MR) is 262 cm³/mol. The van der Waals surface area contributed by atoms with Crippen molar-refractivity contribution in [1.29, 1.82) is 0 Å². The molecule has 0 heterocycles. The van der Waals surface area contributed by atoms with Crippen LogP contribution in [0.15, 0.2) is 0 Å². The fourth-order valence-corrected chi connectivity index (χ4v) is 13.2. The maximum Gasteiger partial charge on any atom is 0.214 e. The van der Waals surface area contributed by atoms with Crippen molar-refractivity contribution in [2.75, 3.05) is 51.1 Å². The van der Waals surface area contributed by atoms with Crippen LogP contribution in [0.25, 0.3) is 0 Å². The molecule has 0 fully saturated rings. The number of unbranched alkanes of at least 4 members (excludes halogenated alkanes) is 20. The van der Waals surface area contributed by atoms with Crippen LogP contribution < -0.4 is 0 Å². The van der Waals surface area contributed by atoms with E-state index in [1.54, 1.807) is 0 Å². The smallest absolute Gasteiger partial charge is 0.214 e. The molecule has 0 rings (SSSR count). The average molecular weight is 863 g/mol. The van der Waals surface area contributed by atoms with Gasteiger partial charge in [0.05, 0.1) is 12.6 Å². The molecule has 0 aromatic heterocycles. The maximum absolute atomic E-state index is 13.0. The van der Waals surface area contributed by atoms with E-state index in [4.69, 9.17) is 0 Å². The van der Waals surface area contributed by atoms with Crippen molar-refractivity contribution < 1.29 is 18.9 Å². The van der Waals surface area contributed by atoms with Crippen LogP contribution >= 0.6 is 14.7 Å². The highest BCUT2D eigenvalue weighted by Gasteiger charge is 2.28. The molecule has 0 aromatic carbocycles. The zero-order valence-corrected chi connectivity index (χ0v) is 43.5. The minimum absolute atomic E-state index is 0.218. The molecular weight excluding hydrogens is 755 g/mol. The van der Waals surface area contributed by atoms with Gasteiger partial charge in [0.1, 0.15) is 0 Å². The van der Waals surface area contributed by atoms with Crippen molar-refractivity contribution in [2.24, 2.45) is 22.7 Å². The molecule has 0 aliphatic carbocycles. The van der Waals surface area contributed by atoms with E-state index in [1.165, 1.54) is 128 Å². The monoisotopic (exact) mass is 863 g/mol. The Morgan fingerprint density at radius 1 is 0.397 bits per heavy atom. The van der Waals surface area contributed by atoms with E-state index >= 15 is 0 Å². The Labute approximate surface area is 365 Å². The second-order valence-electron chi connectivity index (χ2n) is 21.4. The minimum atomic E-state index is -3.10. The Morgan fingerprint density at radius 2 is 0.603 bits per heavy atom. The van der Waals surface area contributed by atoms with Gasteiger partial charge in [-0.2, -0.15) is 0 Å². The lowest BCUT2D eigenvalue weighted by atomic mass is 9.86. The van der Waals surface area contributed by atoms with Gasteiger partial charge >= 0.3 is 0 Å². The van der Waals surface area contributed by atoms with Gasteiger partial charge in [0.2, 0.25) is 14.7 Å². The molecular formula is C50H108N2O4P2. The highest BCUT2D eigenvalue weighted by atomic mass is 31.2. The first kappa shape index (κ1) is 60.4. The molecule has 0 bridgehead atoms. The molecule has 0 aliphatic rings. The third-order valence-corrected chi connectivity index (χ3v) is 15.3. The molecule has 4 atom stereocenters. The summed E-state index contributed by atoms with van der Waals surface area (Å²) in [7, 11) is -6.19. The maximum atomic E-state index is 13.0. The van der Waals surface area contributed by atoms with E-state index in [-0.39, 0.29) is 10.8 Å². The number of nitrogens with zero attached hydrogens (tertiary/aromatic N) is 2. The third-order valence-electron chi connectivity index (χ3n) is 11.3. The summed E-state index contributed by atoms with van der Waals surface area (Å²) >= 11 is 0. The summed E-state index contributed by atoms with van der Waals surface area (Å²) in [5, 5.41) is 0. The van der Waals surface area contributed by atoms with Crippen molar-refractivity contribution in [2.45, 2.75) is 250 Å². The lowest BCUT2D eigenvalue weighted by molar-refractivity contribution is 0.280. The van der Waals surface area contributed by atoms with Gasteiger partial charge < -0.3 is 9.79 Å². The van der Waals surface area contributed by atoms with E-state index in [0.717, 1.165) is 64.7 Å². The average Bonchev–Trinajstić information content (AvgIpc) is 3.08. The minimum Gasteiger partial charge on any atom is -0.343 e. The molecule has 0 amide bonds. The second-order valence-corrected chi connectivity index (χ2v) is 26.1. The van der Waals surface area contributed by atoms with Crippen LogP contribution in [0.5, 0.6) is 0 Å². The Hall–Kier alpha value is 0.300. The quantitative estimate of drug-likeness (QED) is 0.0475. The summed E-state index contributed by atoms with van der Waals surface area (Å²) in [6.07, 6.45) is 34.4. The lowest BCUT2D eigenvalue weighted by Gasteiger charge is -2.28. The zero-order chi connectivity index (χ0) is 44.4. The van der Waals surface area contributed by atoms with E-state index < -0.39 is 14.7 Å². The van der Waals surface area contributed by atoms with Crippen LogP contribution in [0.2, 0.25) is 0 Å². The van der Waals surface area contributed by atoms with Gasteiger partial charge in [0.15, 0.2) is 0 Å². The zero-order valence-electron chi connectivity index (χ0n) is 41.7. The first-order valence-corrected chi connectivity index (χ1v) is 29.3. The van der Waals surface area contributed by atoms with Gasteiger partial charge in [-0.05, 0) is 87.4 Å². The molecule has 0 saturated carbocycles. The SMILES string of the molecule is CCCCCCCCN(CCCCCCCC)CP(=O)(O)CC(C)CC(C)(C)C.CCCCCCCCN(CCCCCCCC)CP(=O)(O)CC(C)CC(C)(C)C. The van der Waals surface area contributed by atoms with Gasteiger partial charge in [-0.1, -0.05) is 212 Å².